The molecule has 1 unspecified atom stereocenters. The lowest BCUT2D eigenvalue weighted by Gasteiger charge is -2.38. The predicted octanol–water partition coefficient (Wildman–Crippen LogP) is 3.72. The number of H-pyrrole nitrogens is 1. The minimum absolute atomic E-state index is 0.117. The normalized spacial score (nSPS) is 18.2. The predicted molar refractivity (Wildman–Crippen MR) is 142 cm³/mol. The van der Waals surface area contributed by atoms with Crippen LogP contribution in [0.2, 0.25) is 0 Å². The molecule has 6 rings (SSSR count). The summed E-state index contributed by atoms with van der Waals surface area (Å²) in [6, 6.07) is 11.4. The Balaban J connectivity index is 1.38. The van der Waals surface area contributed by atoms with Gasteiger partial charge in [-0.2, -0.15) is 0 Å². The van der Waals surface area contributed by atoms with E-state index in [1.807, 2.05) is 22.9 Å². The number of pyridine rings is 1. The highest BCUT2D eigenvalue weighted by Gasteiger charge is 2.35. The largest absolute Gasteiger partial charge is 0.459 e. The van der Waals surface area contributed by atoms with Crippen LogP contribution in [0, 0.1) is 0 Å². The van der Waals surface area contributed by atoms with Gasteiger partial charge in [-0.05, 0) is 71.0 Å². The molecule has 198 valence electrons. The quantitative estimate of drug-likeness (QED) is 0.416. The fraction of sp³-hybridized carbons (Fsp3) is 0.464. The van der Waals surface area contributed by atoms with E-state index in [-0.39, 0.29) is 17.5 Å². The second kappa shape index (κ2) is 10.5. The van der Waals surface area contributed by atoms with Crippen LogP contribution in [0.3, 0.4) is 0 Å². The number of nitrogens with one attached hydrogen (secondary N) is 1. The molecule has 0 bridgehead atoms. The van der Waals surface area contributed by atoms with E-state index in [0.717, 1.165) is 43.0 Å². The average Bonchev–Trinajstić information content (AvgIpc) is 3.67. The fourth-order valence-electron chi connectivity index (χ4n) is 5.90. The van der Waals surface area contributed by atoms with Crippen LogP contribution < -0.4 is 5.56 Å². The average molecular weight is 516 g/mol. The van der Waals surface area contributed by atoms with Crippen molar-refractivity contribution in [1.29, 1.82) is 0 Å². The van der Waals surface area contributed by atoms with E-state index in [0.29, 0.717) is 43.3 Å². The first-order valence-corrected chi connectivity index (χ1v) is 13.6. The number of hydrogen-bond acceptors (Lipinski definition) is 7. The van der Waals surface area contributed by atoms with Crippen molar-refractivity contribution >= 4 is 16.8 Å². The van der Waals surface area contributed by atoms with Gasteiger partial charge in [-0.25, -0.2) is 4.68 Å². The van der Waals surface area contributed by atoms with Gasteiger partial charge in [-0.1, -0.05) is 32.3 Å². The number of aromatic nitrogens is 5. The van der Waals surface area contributed by atoms with E-state index >= 15 is 0 Å². The molecule has 1 saturated carbocycles. The number of nitrogens with zero attached hydrogens (tertiary/aromatic N) is 6. The number of amides is 1. The fourth-order valence-corrected chi connectivity index (χ4v) is 5.90. The van der Waals surface area contributed by atoms with Crippen molar-refractivity contribution in [2.45, 2.75) is 57.5 Å². The zero-order valence-corrected chi connectivity index (χ0v) is 21.7. The van der Waals surface area contributed by atoms with Gasteiger partial charge in [-0.15, -0.1) is 5.10 Å². The molecule has 1 aliphatic heterocycles. The molecule has 10 heteroatoms. The third-order valence-electron chi connectivity index (χ3n) is 8.02. The van der Waals surface area contributed by atoms with Crippen LogP contribution in [0.5, 0.6) is 0 Å². The molecule has 0 radical (unpaired) electrons. The summed E-state index contributed by atoms with van der Waals surface area (Å²) in [5, 5.41) is 14.0. The molecular weight excluding hydrogens is 482 g/mol. The van der Waals surface area contributed by atoms with Gasteiger partial charge in [0, 0.05) is 37.3 Å². The number of furan rings is 1. The molecule has 2 fully saturated rings. The smallest absolute Gasteiger partial charge is 0.289 e. The van der Waals surface area contributed by atoms with Crippen LogP contribution in [0.1, 0.15) is 78.6 Å². The standard InChI is InChI=1S/C28H33N7O3/c1-2-19-10-11-23-20(17-19)18-22(27(36)29-23)25(26-30-31-32-35(26)21-7-4-3-5-8-21)33-12-14-34(15-13-33)28(37)24-9-6-16-38-24/h6,9-11,16-18,21,25H,2-5,7-8,12-15H2,1H3,(H,29,36). The number of rotatable bonds is 6. The Labute approximate surface area is 220 Å². The Kier molecular flexibility index (Phi) is 6.80. The molecule has 4 aromatic rings. The van der Waals surface area contributed by atoms with Crippen LogP contribution >= 0.6 is 0 Å². The van der Waals surface area contributed by atoms with Gasteiger partial charge in [0.1, 0.15) is 6.04 Å². The van der Waals surface area contributed by atoms with E-state index in [1.54, 1.807) is 17.0 Å². The van der Waals surface area contributed by atoms with E-state index < -0.39 is 6.04 Å². The molecule has 1 atom stereocenters. The van der Waals surface area contributed by atoms with Crippen molar-refractivity contribution in [2.24, 2.45) is 0 Å². The van der Waals surface area contributed by atoms with E-state index in [9.17, 15) is 9.59 Å². The van der Waals surface area contributed by atoms with Gasteiger partial charge in [-0.3, -0.25) is 14.5 Å². The third kappa shape index (κ3) is 4.64. The molecule has 10 nitrogen and oxygen atoms in total. The van der Waals surface area contributed by atoms with Gasteiger partial charge in [0.25, 0.3) is 11.5 Å². The number of tetrazole rings is 1. The highest BCUT2D eigenvalue weighted by atomic mass is 16.3. The summed E-state index contributed by atoms with van der Waals surface area (Å²) in [5.41, 5.74) is 2.52. The first-order valence-electron chi connectivity index (χ1n) is 13.6. The Bertz CT molecular complexity index is 1460. The Morgan fingerprint density at radius 3 is 2.66 bits per heavy atom. The maximum atomic E-state index is 13.5. The molecule has 1 aliphatic carbocycles. The van der Waals surface area contributed by atoms with Gasteiger partial charge in [0.15, 0.2) is 11.6 Å². The zero-order chi connectivity index (χ0) is 26.1. The molecule has 0 spiro atoms. The van der Waals surface area contributed by atoms with E-state index in [4.69, 9.17) is 4.42 Å². The lowest BCUT2D eigenvalue weighted by molar-refractivity contribution is 0.0556. The first-order chi connectivity index (χ1) is 18.6. The lowest BCUT2D eigenvalue weighted by atomic mass is 9.95. The topological polar surface area (TPSA) is 113 Å². The molecule has 2 aliphatic rings. The molecule has 1 amide bonds. The summed E-state index contributed by atoms with van der Waals surface area (Å²) in [5.74, 6) is 0.919. The van der Waals surface area contributed by atoms with Crippen LogP contribution in [-0.4, -0.2) is 67.1 Å². The van der Waals surface area contributed by atoms with Crippen LogP contribution in [0.4, 0.5) is 0 Å². The number of hydrogen-bond donors (Lipinski definition) is 1. The Hall–Kier alpha value is -3.79. The van der Waals surface area contributed by atoms with Crippen molar-refractivity contribution in [3.8, 4) is 0 Å². The number of fused-ring (bicyclic) bond motifs is 1. The molecular formula is C28H33N7O3. The molecule has 3 aromatic heterocycles. The molecule has 38 heavy (non-hydrogen) atoms. The number of carbonyl (C=O) groups excluding carboxylic acids is 1. The Morgan fingerprint density at radius 1 is 1.11 bits per heavy atom. The maximum Gasteiger partial charge on any atom is 0.289 e. The second-order valence-electron chi connectivity index (χ2n) is 10.3. The van der Waals surface area contributed by atoms with E-state index in [2.05, 4.69) is 38.4 Å². The van der Waals surface area contributed by atoms with Crippen molar-refractivity contribution in [1.82, 2.24) is 35.0 Å². The summed E-state index contributed by atoms with van der Waals surface area (Å²) < 4.78 is 7.28. The Morgan fingerprint density at radius 2 is 1.92 bits per heavy atom. The molecule has 4 heterocycles. The van der Waals surface area contributed by atoms with Gasteiger partial charge in [0.05, 0.1) is 12.3 Å². The number of benzene rings is 1. The van der Waals surface area contributed by atoms with Crippen molar-refractivity contribution < 1.29 is 9.21 Å². The van der Waals surface area contributed by atoms with Crippen LogP contribution in [0.15, 0.2) is 51.9 Å². The van der Waals surface area contributed by atoms with Crippen molar-refractivity contribution in [3.63, 3.8) is 0 Å². The van der Waals surface area contributed by atoms with E-state index in [1.165, 1.54) is 18.2 Å². The van der Waals surface area contributed by atoms with Gasteiger partial charge in [0.2, 0.25) is 0 Å². The second-order valence-corrected chi connectivity index (χ2v) is 10.3. The molecule has 1 saturated heterocycles. The van der Waals surface area contributed by atoms with Gasteiger partial charge < -0.3 is 14.3 Å². The minimum atomic E-state index is -0.425. The SMILES string of the molecule is CCc1ccc2[nH]c(=O)c(C(c3nnnn3C3CCCCC3)N3CCN(C(=O)c4ccco4)CC3)cc2c1. The minimum Gasteiger partial charge on any atom is -0.459 e. The summed E-state index contributed by atoms with van der Waals surface area (Å²) in [4.78, 5) is 33.6. The summed E-state index contributed by atoms with van der Waals surface area (Å²) in [6.45, 7) is 4.33. The van der Waals surface area contributed by atoms with Crippen molar-refractivity contribution in [3.05, 3.63) is 75.7 Å². The number of carbonyl (C=O) groups is 1. The highest BCUT2D eigenvalue weighted by Crippen LogP contribution is 2.33. The van der Waals surface area contributed by atoms with Crippen molar-refractivity contribution in [2.75, 3.05) is 26.2 Å². The zero-order valence-electron chi connectivity index (χ0n) is 21.7. The summed E-state index contributed by atoms with van der Waals surface area (Å²) in [7, 11) is 0. The van der Waals surface area contributed by atoms with Crippen LogP contribution in [0.25, 0.3) is 10.9 Å². The summed E-state index contributed by atoms with van der Waals surface area (Å²) in [6.07, 6.45) is 8.03. The molecule has 1 aromatic carbocycles. The summed E-state index contributed by atoms with van der Waals surface area (Å²) >= 11 is 0. The maximum absolute atomic E-state index is 13.5. The number of aromatic amines is 1. The highest BCUT2D eigenvalue weighted by molar-refractivity contribution is 5.91. The van der Waals surface area contributed by atoms with Gasteiger partial charge >= 0.3 is 0 Å². The lowest BCUT2D eigenvalue weighted by Crippen LogP contribution is -2.51. The monoisotopic (exact) mass is 515 g/mol. The number of piperazine rings is 1. The van der Waals surface area contributed by atoms with Crippen LogP contribution in [-0.2, 0) is 6.42 Å². The number of aryl methyl sites for hydroxylation is 1. The third-order valence-corrected chi connectivity index (χ3v) is 8.02. The first kappa shape index (κ1) is 24.5. The molecule has 1 N–H and O–H groups in total.